The molecule has 1 amide bonds. The van der Waals surface area contributed by atoms with E-state index < -0.39 is 0 Å². The molecule has 0 saturated carbocycles. The van der Waals surface area contributed by atoms with Crippen LogP contribution in [0.15, 0.2) is 24.3 Å². The number of carbonyl (C=O) groups is 1. The van der Waals surface area contributed by atoms with Crippen molar-refractivity contribution in [2.75, 3.05) is 19.9 Å². The van der Waals surface area contributed by atoms with Crippen molar-refractivity contribution in [1.29, 1.82) is 0 Å². The summed E-state index contributed by atoms with van der Waals surface area (Å²) in [6.07, 6.45) is 3.04. The molecule has 0 unspecified atom stereocenters. The average molecular weight is 355 g/mol. The predicted octanol–water partition coefficient (Wildman–Crippen LogP) is 2.94. The summed E-state index contributed by atoms with van der Waals surface area (Å²) in [6, 6.07) is 8.01. The third-order valence-corrected chi connectivity index (χ3v) is 5.36. The lowest BCUT2D eigenvalue weighted by molar-refractivity contribution is 0.0540. The first-order valence-corrected chi connectivity index (χ1v) is 9.12. The molecule has 1 fully saturated rings. The summed E-state index contributed by atoms with van der Waals surface area (Å²) in [6.45, 7) is 6.04. The summed E-state index contributed by atoms with van der Waals surface area (Å²) in [5.41, 5.74) is 2.81. The highest BCUT2D eigenvalue weighted by Crippen LogP contribution is 2.37. The first-order valence-electron chi connectivity index (χ1n) is 9.12. The number of piperidine rings is 1. The molecule has 2 aromatic rings. The fraction of sp³-hybridized carbons (Fsp3) is 0.500. The normalized spacial score (nSPS) is 21.9. The average Bonchev–Trinajstić information content (AvgIpc) is 3.19. The van der Waals surface area contributed by atoms with Gasteiger partial charge >= 0.3 is 0 Å². The van der Waals surface area contributed by atoms with Crippen molar-refractivity contribution in [1.82, 2.24) is 14.7 Å². The predicted molar refractivity (Wildman–Crippen MR) is 97.5 cm³/mol. The molecule has 0 aliphatic carbocycles. The molecule has 26 heavy (non-hydrogen) atoms. The van der Waals surface area contributed by atoms with Crippen LogP contribution in [0.25, 0.3) is 0 Å². The number of rotatable bonds is 3. The van der Waals surface area contributed by atoms with Crippen molar-refractivity contribution in [3.05, 3.63) is 41.2 Å². The van der Waals surface area contributed by atoms with Crippen molar-refractivity contribution in [2.45, 2.75) is 33.1 Å². The molecular weight excluding hydrogens is 330 g/mol. The molecule has 3 heterocycles. The van der Waals surface area contributed by atoms with E-state index in [0.29, 0.717) is 12.5 Å². The summed E-state index contributed by atoms with van der Waals surface area (Å²) in [5, 5.41) is 4.31. The first-order chi connectivity index (χ1) is 12.4. The second-order valence-corrected chi connectivity index (χ2v) is 7.80. The largest absolute Gasteiger partial charge is 0.454 e. The molecule has 2 aliphatic heterocycles. The maximum Gasteiger partial charge on any atom is 0.272 e. The van der Waals surface area contributed by atoms with E-state index >= 15 is 0 Å². The molecule has 0 spiro atoms. The SMILES string of the molecule is Cc1cc(C(=O)N2CCC[C@](C)(Cc3ccc4c(c3)OCO4)C2)n(C)n1. The lowest BCUT2D eigenvalue weighted by atomic mass is 9.77. The van der Waals surface area contributed by atoms with Crippen LogP contribution in [-0.2, 0) is 13.5 Å². The van der Waals surface area contributed by atoms with Crippen LogP contribution >= 0.6 is 0 Å². The van der Waals surface area contributed by atoms with Gasteiger partial charge in [0, 0.05) is 20.1 Å². The van der Waals surface area contributed by atoms with E-state index in [-0.39, 0.29) is 11.3 Å². The van der Waals surface area contributed by atoms with Gasteiger partial charge in [-0.25, -0.2) is 0 Å². The van der Waals surface area contributed by atoms with E-state index in [1.807, 2.05) is 31.0 Å². The van der Waals surface area contributed by atoms with Crippen LogP contribution in [0.3, 0.4) is 0 Å². The fourth-order valence-corrected chi connectivity index (χ4v) is 4.15. The van der Waals surface area contributed by atoms with E-state index in [2.05, 4.69) is 24.2 Å². The third kappa shape index (κ3) is 3.16. The van der Waals surface area contributed by atoms with E-state index in [9.17, 15) is 4.79 Å². The van der Waals surface area contributed by atoms with Crippen molar-refractivity contribution in [2.24, 2.45) is 12.5 Å². The molecule has 4 rings (SSSR count). The van der Waals surface area contributed by atoms with Gasteiger partial charge in [0.2, 0.25) is 6.79 Å². The van der Waals surface area contributed by atoms with Crippen molar-refractivity contribution in [3.8, 4) is 11.5 Å². The third-order valence-electron chi connectivity index (χ3n) is 5.36. The van der Waals surface area contributed by atoms with Crippen LogP contribution in [-0.4, -0.2) is 40.5 Å². The summed E-state index contributed by atoms with van der Waals surface area (Å²) in [7, 11) is 1.83. The van der Waals surface area contributed by atoms with E-state index in [1.54, 1.807) is 4.68 Å². The Balaban J connectivity index is 1.50. The quantitative estimate of drug-likeness (QED) is 0.849. The van der Waals surface area contributed by atoms with Gasteiger partial charge in [-0.2, -0.15) is 5.10 Å². The molecule has 1 aromatic heterocycles. The van der Waals surface area contributed by atoms with Gasteiger partial charge in [-0.3, -0.25) is 9.48 Å². The molecule has 1 aromatic carbocycles. The number of aromatic nitrogens is 2. The minimum Gasteiger partial charge on any atom is -0.454 e. The minimum absolute atomic E-state index is 0.0508. The van der Waals surface area contributed by atoms with Gasteiger partial charge in [0.1, 0.15) is 5.69 Å². The molecule has 0 N–H and O–H groups in total. The smallest absolute Gasteiger partial charge is 0.272 e. The highest BCUT2D eigenvalue weighted by Gasteiger charge is 2.34. The van der Waals surface area contributed by atoms with Crippen LogP contribution < -0.4 is 9.47 Å². The van der Waals surface area contributed by atoms with Gasteiger partial charge < -0.3 is 14.4 Å². The number of amides is 1. The number of aryl methyl sites for hydroxylation is 2. The lowest BCUT2D eigenvalue weighted by Gasteiger charge is -2.40. The van der Waals surface area contributed by atoms with Crippen LogP contribution in [0.5, 0.6) is 11.5 Å². The van der Waals surface area contributed by atoms with Crippen LogP contribution in [0.4, 0.5) is 0 Å². The Labute approximate surface area is 153 Å². The number of nitrogens with zero attached hydrogens (tertiary/aromatic N) is 3. The van der Waals surface area contributed by atoms with Gasteiger partial charge in [0.25, 0.3) is 5.91 Å². The molecular formula is C20H25N3O3. The second kappa shape index (κ2) is 6.34. The van der Waals surface area contributed by atoms with E-state index in [1.165, 1.54) is 5.56 Å². The Morgan fingerprint density at radius 1 is 1.27 bits per heavy atom. The number of carbonyl (C=O) groups excluding carboxylic acids is 1. The van der Waals surface area contributed by atoms with Crippen LogP contribution in [0.1, 0.15) is 41.5 Å². The zero-order chi connectivity index (χ0) is 18.3. The van der Waals surface area contributed by atoms with Gasteiger partial charge in [-0.05, 0) is 55.4 Å². The molecule has 0 bridgehead atoms. The minimum atomic E-state index is 0.0508. The number of benzene rings is 1. The lowest BCUT2D eigenvalue weighted by Crippen LogP contribution is -2.46. The Morgan fingerprint density at radius 3 is 2.85 bits per heavy atom. The Bertz CT molecular complexity index is 845. The second-order valence-electron chi connectivity index (χ2n) is 7.80. The number of ether oxygens (including phenoxy) is 2. The number of likely N-dealkylation sites (tertiary alicyclic amines) is 1. The monoisotopic (exact) mass is 355 g/mol. The van der Waals surface area contributed by atoms with Crippen molar-refractivity contribution < 1.29 is 14.3 Å². The zero-order valence-corrected chi connectivity index (χ0v) is 15.6. The molecule has 0 radical (unpaired) electrons. The van der Waals surface area contributed by atoms with Gasteiger partial charge in [-0.1, -0.05) is 13.0 Å². The summed E-state index contributed by atoms with van der Waals surface area (Å²) in [4.78, 5) is 14.9. The van der Waals surface area contributed by atoms with Crippen molar-refractivity contribution >= 4 is 5.91 Å². The first kappa shape index (κ1) is 16.9. The molecule has 1 atom stereocenters. The summed E-state index contributed by atoms with van der Waals surface area (Å²) >= 11 is 0. The Hall–Kier alpha value is -2.50. The molecule has 6 nitrogen and oxygen atoms in total. The van der Waals surface area contributed by atoms with Crippen LogP contribution in [0, 0.1) is 12.3 Å². The van der Waals surface area contributed by atoms with E-state index in [4.69, 9.17) is 9.47 Å². The standard InChI is InChI=1S/C20H25N3O3/c1-14-9-16(22(3)21-14)19(24)23-8-4-7-20(2,12-23)11-15-5-6-17-18(10-15)26-13-25-17/h5-6,9-10H,4,7-8,11-13H2,1-3H3/t20-/m1/s1. The van der Waals surface area contributed by atoms with Gasteiger partial charge in [-0.15, -0.1) is 0 Å². The maximum atomic E-state index is 13.0. The van der Waals surface area contributed by atoms with Crippen LogP contribution in [0.2, 0.25) is 0 Å². The van der Waals surface area contributed by atoms with E-state index in [0.717, 1.165) is 49.5 Å². The summed E-state index contributed by atoms with van der Waals surface area (Å²) in [5.74, 6) is 1.70. The molecule has 2 aliphatic rings. The Morgan fingerprint density at radius 2 is 2.08 bits per heavy atom. The highest BCUT2D eigenvalue weighted by molar-refractivity contribution is 5.92. The van der Waals surface area contributed by atoms with Gasteiger partial charge in [0.05, 0.1) is 5.69 Å². The Kier molecular flexibility index (Phi) is 4.13. The maximum absolute atomic E-state index is 13.0. The number of hydrogen-bond donors (Lipinski definition) is 0. The molecule has 1 saturated heterocycles. The topological polar surface area (TPSA) is 56.6 Å². The molecule has 6 heteroatoms. The van der Waals surface area contributed by atoms with Gasteiger partial charge in [0.15, 0.2) is 11.5 Å². The number of hydrogen-bond acceptors (Lipinski definition) is 4. The van der Waals surface area contributed by atoms with Crippen molar-refractivity contribution in [3.63, 3.8) is 0 Å². The zero-order valence-electron chi connectivity index (χ0n) is 15.6. The molecule has 138 valence electrons. The fourth-order valence-electron chi connectivity index (χ4n) is 4.15. The number of fused-ring (bicyclic) bond motifs is 1. The highest BCUT2D eigenvalue weighted by atomic mass is 16.7. The summed E-state index contributed by atoms with van der Waals surface area (Å²) < 4.78 is 12.6.